The number of benzene rings is 1. The highest BCUT2D eigenvalue weighted by Gasteiger charge is 2.14. The third-order valence-corrected chi connectivity index (χ3v) is 3.97. The van der Waals surface area contributed by atoms with Crippen LogP contribution in [-0.4, -0.2) is 28.7 Å². The molecular weight excluding hydrogens is 336 g/mol. The van der Waals surface area contributed by atoms with Gasteiger partial charge in [-0.05, 0) is 51.0 Å². The molecule has 0 unspecified atom stereocenters. The van der Waals surface area contributed by atoms with Crippen molar-refractivity contribution in [1.29, 1.82) is 0 Å². The Morgan fingerprint density at radius 1 is 1.38 bits per heavy atom. The van der Waals surface area contributed by atoms with Crippen LogP contribution in [-0.2, 0) is 4.89 Å². The molecule has 1 atom stereocenters. The summed E-state index contributed by atoms with van der Waals surface area (Å²) in [6.45, 7) is 7.17. The molecule has 1 heterocycles. The van der Waals surface area contributed by atoms with E-state index in [9.17, 15) is 9.90 Å². The van der Waals surface area contributed by atoms with Crippen molar-refractivity contribution in [3.8, 4) is 5.75 Å². The van der Waals surface area contributed by atoms with Crippen molar-refractivity contribution in [2.24, 2.45) is 0 Å². The van der Waals surface area contributed by atoms with Crippen LogP contribution in [0.5, 0.6) is 5.75 Å². The topological polar surface area (TPSA) is 89.1 Å². The van der Waals surface area contributed by atoms with Crippen LogP contribution < -0.4 is 10.4 Å². The molecule has 0 saturated heterocycles. The Labute approximate surface area is 151 Å². The second-order valence-electron chi connectivity index (χ2n) is 6.64. The van der Waals surface area contributed by atoms with Crippen molar-refractivity contribution in [3.63, 3.8) is 0 Å². The molecule has 0 aliphatic heterocycles. The average Bonchev–Trinajstić information content (AvgIpc) is 2.59. The third-order valence-electron chi connectivity index (χ3n) is 3.97. The Hall–Kier alpha value is -2.41. The van der Waals surface area contributed by atoms with Gasteiger partial charge in [0, 0.05) is 0 Å². The smallest absolute Gasteiger partial charge is 0.339 e. The normalized spacial score (nSPS) is 14.2. The van der Waals surface area contributed by atoms with Gasteiger partial charge in [-0.15, -0.1) is 0 Å². The number of ether oxygens (including phenoxy) is 1. The standard InChI is InChI=1S/C20H24O6/c1-13(15(21)8-10-20(3,4)26-23)9-11-24-17-12-18(22)25-16-7-5-6-14(2)19(16)17/h5-10,12,15,21,23H,11H2,1-4H3/t15-/m1/s1. The zero-order valence-electron chi connectivity index (χ0n) is 15.4. The van der Waals surface area contributed by atoms with Gasteiger partial charge in [-0.1, -0.05) is 24.3 Å². The Bertz CT molecular complexity index is 875. The second-order valence-corrected chi connectivity index (χ2v) is 6.64. The Morgan fingerprint density at radius 2 is 2.12 bits per heavy atom. The molecule has 0 amide bonds. The van der Waals surface area contributed by atoms with Crippen molar-refractivity contribution >= 4 is 11.0 Å². The van der Waals surface area contributed by atoms with Crippen molar-refractivity contribution in [3.05, 3.63) is 64.1 Å². The zero-order valence-corrected chi connectivity index (χ0v) is 15.4. The number of hydrogen-bond donors (Lipinski definition) is 2. The zero-order chi connectivity index (χ0) is 19.3. The molecule has 0 saturated carbocycles. The summed E-state index contributed by atoms with van der Waals surface area (Å²) in [5.74, 6) is 0.443. The van der Waals surface area contributed by atoms with Crippen LogP contribution in [0.1, 0.15) is 26.3 Å². The molecule has 0 aliphatic carbocycles. The maximum Gasteiger partial charge on any atom is 0.339 e. The van der Waals surface area contributed by atoms with E-state index >= 15 is 0 Å². The molecule has 2 N–H and O–H groups in total. The SMILES string of the molecule is CC(=CCOc1cc(=O)oc2cccc(C)c12)[C@H](O)C=CC(C)(C)OO. The van der Waals surface area contributed by atoms with Gasteiger partial charge in [0.2, 0.25) is 0 Å². The predicted molar refractivity (Wildman–Crippen MR) is 99.4 cm³/mol. The first-order chi connectivity index (χ1) is 12.2. The monoisotopic (exact) mass is 360 g/mol. The van der Waals surface area contributed by atoms with E-state index in [1.54, 1.807) is 39.0 Å². The molecule has 1 aromatic heterocycles. The highest BCUT2D eigenvalue weighted by molar-refractivity contribution is 5.86. The van der Waals surface area contributed by atoms with E-state index in [1.165, 1.54) is 12.1 Å². The summed E-state index contributed by atoms with van der Waals surface area (Å²) >= 11 is 0. The van der Waals surface area contributed by atoms with Gasteiger partial charge < -0.3 is 14.3 Å². The fourth-order valence-electron chi connectivity index (χ4n) is 2.36. The first kappa shape index (κ1) is 19.9. The van der Waals surface area contributed by atoms with Crippen LogP contribution in [0.3, 0.4) is 0 Å². The number of aliphatic hydroxyl groups is 1. The first-order valence-corrected chi connectivity index (χ1v) is 8.26. The van der Waals surface area contributed by atoms with Gasteiger partial charge in [0.1, 0.15) is 23.5 Å². The molecule has 1 aromatic carbocycles. The minimum Gasteiger partial charge on any atom is -0.488 e. The fraction of sp³-hybridized carbons (Fsp3) is 0.350. The number of aryl methyl sites for hydroxylation is 1. The molecule has 26 heavy (non-hydrogen) atoms. The maximum atomic E-state index is 11.7. The summed E-state index contributed by atoms with van der Waals surface area (Å²) in [6.07, 6.45) is 3.97. The minimum atomic E-state index is -0.883. The van der Waals surface area contributed by atoms with E-state index in [0.29, 0.717) is 16.9 Å². The molecule has 0 fully saturated rings. The number of hydrogen-bond acceptors (Lipinski definition) is 6. The van der Waals surface area contributed by atoms with Gasteiger partial charge in [-0.25, -0.2) is 9.68 Å². The van der Waals surface area contributed by atoms with Gasteiger partial charge in [-0.2, -0.15) is 0 Å². The first-order valence-electron chi connectivity index (χ1n) is 8.26. The number of aliphatic hydroxyl groups excluding tert-OH is 1. The molecule has 0 bridgehead atoms. The van der Waals surface area contributed by atoms with Crippen LogP contribution in [0, 0.1) is 6.92 Å². The van der Waals surface area contributed by atoms with Crippen LogP contribution in [0.15, 0.2) is 57.3 Å². The van der Waals surface area contributed by atoms with Crippen molar-refractivity contribution in [1.82, 2.24) is 0 Å². The van der Waals surface area contributed by atoms with Gasteiger partial charge in [-0.3, -0.25) is 5.26 Å². The molecule has 0 radical (unpaired) electrons. The summed E-state index contributed by atoms with van der Waals surface area (Å²) in [6, 6.07) is 6.76. The van der Waals surface area contributed by atoms with E-state index in [-0.39, 0.29) is 6.61 Å². The molecule has 0 spiro atoms. The highest BCUT2D eigenvalue weighted by atomic mass is 17.1. The quantitative estimate of drug-likeness (QED) is 0.339. The lowest BCUT2D eigenvalue weighted by atomic mass is 10.1. The molecular formula is C20H24O6. The molecule has 6 heteroatoms. The number of rotatable bonds is 7. The summed E-state index contributed by atoms with van der Waals surface area (Å²) in [5.41, 5.74) is 0.720. The summed E-state index contributed by atoms with van der Waals surface area (Å²) < 4.78 is 10.9. The summed E-state index contributed by atoms with van der Waals surface area (Å²) in [7, 11) is 0. The van der Waals surface area contributed by atoms with Crippen LogP contribution in [0.25, 0.3) is 11.0 Å². The molecule has 2 aromatic rings. The van der Waals surface area contributed by atoms with Gasteiger partial charge in [0.25, 0.3) is 0 Å². The average molecular weight is 360 g/mol. The fourth-order valence-corrected chi connectivity index (χ4v) is 2.36. The lowest BCUT2D eigenvalue weighted by molar-refractivity contribution is -0.297. The molecule has 6 nitrogen and oxygen atoms in total. The van der Waals surface area contributed by atoms with Crippen LogP contribution in [0.2, 0.25) is 0 Å². The Kier molecular flexibility index (Phi) is 6.37. The summed E-state index contributed by atoms with van der Waals surface area (Å²) in [4.78, 5) is 16.0. The second kappa shape index (κ2) is 8.31. The van der Waals surface area contributed by atoms with E-state index in [0.717, 1.165) is 10.9 Å². The molecule has 140 valence electrons. The largest absolute Gasteiger partial charge is 0.488 e. The van der Waals surface area contributed by atoms with Gasteiger partial charge >= 0.3 is 5.63 Å². The minimum absolute atomic E-state index is 0.184. The van der Waals surface area contributed by atoms with E-state index in [4.69, 9.17) is 14.4 Å². The van der Waals surface area contributed by atoms with Crippen LogP contribution >= 0.6 is 0 Å². The van der Waals surface area contributed by atoms with Crippen molar-refractivity contribution < 1.29 is 24.4 Å². The van der Waals surface area contributed by atoms with Crippen molar-refractivity contribution in [2.45, 2.75) is 39.4 Å². The molecule has 2 rings (SSSR count). The summed E-state index contributed by atoms with van der Waals surface area (Å²) in [5, 5.41) is 19.6. The van der Waals surface area contributed by atoms with E-state index < -0.39 is 17.3 Å². The van der Waals surface area contributed by atoms with Gasteiger partial charge in [0.15, 0.2) is 0 Å². The van der Waals surface area contributed by atoms with Crippen molar-refractivity contribution in [2.75, 3.05) is 6.61 Å². The van der Waals surface area contributed by atoms with Gasteiger partial charge in [0.05, 0.1) is 17.6 Å². The highest BCUT2D eigenvalue weighted by Crippen LogP contribution is 2.27. The van der Waals surface area contributed by atoms with Crippen LogP contribution in [0.4, 0.5) is 0 Å². The predicted octanol–water partition coefficient (Wildman–Crippen LogP) is 3.61. The van der Waals surface area contributed by atoms with E-state index in [2.05, 4.69) is 4.89 Å². The lowest BCUT2D eigenvalue weighted by Crippen LogP contribution is -2.20. The Balaban J connectivity index is 2.13. The third kappa shape index (κ3) is 5.05. The van der Waals surface area contributed by atoms with E-state index in [1.807, 2.05) is 19.1 Å². The lowest BCUT2D eigenvalue weighted by Gasteiger charge is -2.16. The Morgan fingerprint density at radius 3 is 2.81 bits per heavy atom. The molecule has 0 aliphatic rings. The number of fused-ring (bicyclic) bond motifs is 1. The maximum absolute atomic E-state index is 11.7.